The lowest BCUT2D eigenvalue weighted by Gasteiger charge is -2.36. The number of imidazole rings is 1. The molecule has 12 heteroatoms. The van der Waals surface area contributed by atoms with Crippen LogP contribution >= 0.6 is 0 Å². The third-order valence-corrected chi connectivity index (χ3v) is 4.81. The van der Waals surface area contributed by atoms with Gasteiger partial charge in [-0.2, -0.15) is 26.3 Å². The number of pyridine rings is 1. The second-order valence-corrected chi connectivity index (χ2v) is 6.91. The molecule has 3 aromatic rings. The highest BCUT2D eigenvalue weighted by Crippen LogP contribution is 2.31. The highest BCUT2D eigenvalue weighted by molar-refractivity contribution is 5.54. The van der Waals surface area contributed by atoms with E-state index in [4.69, 9.17) is 0 Å². The first-order chi connectivity index (χ1) is 14.0. The Hall–Kier alpha value is -3.05. The van der Waals surface area contributed by atoms with Crippen LogP contribution in [0.25, 0.3) is 5.65 Å². The van der Waals surface area contributed by atoms with E-state index in [1.165, 1.54) is 17.4 Å². The van der Waals surface area contributed by atoms with Crippen molar-refractivity contribution in [2.75, 3.05) is 36.0 Å². The topological polar surface area (TPSA) is 49.6 Å². The summed E-state index contributed by atoms with van der Waals surface area (Å²) in [5, 5.41) is 0. The molecule has 0 spiro atoms. The van der Waals surface area contributed by atoms with Gasteiger partial charge in [-0.3, -0.25) is 0 Å². The summed E-state index contributed by atoms with van der Waals surface area (Å²) in [6, 6.07) is 4.11. The number of aryl methyl sites for hydroxylation is 1. The molecule has 0 saturated carbocycles. The first-order valence-corrected chi connectivity index (χ1v) is 8.99. The number of anilines is 2. The molecule has 0 aliphatic carbocycles. The normalized spacial score (nSPS) is 15.8. The van der Waals surface area contributed by atoms with E-state index in [1.807, 2.05) is 4.90 Å². The fraction of sp³-hybridized carbons (Fsp3) is 0.389. The number of rotatable bonds is 2. The number of hydrogen-bond donors (Lipinski definition) is 0. The van der Waals surface area contributed by atoms with E-state index < -0.39 is 23.7 Å². The van der Waals surface area contributed by atoms with Crippen LogP contribution in [-0.2, 0) is 12.4 Å². The van der Waals surface area contributed by atoms with Gasteiger partial charge in [-0.1, -0.05) is 0 Å². The molecule has 160 valence electrons. The molecular formula is C18H16F6N6. The Morgan fingerprint density at radius 3 is 2.03 bits per heavy atom. The predicted octanol–water partition coefficient (Wildman–Crippen LogP) is 3.80. The molecule has 0 unspecified atom stereocenters. The lowest BCUT2D eigenvalue weighted by atomic mass is 10.2. The van der Waals surface area contributed by atoms with Gasteiger partial charge in [0.05, 0.1) is 5.69 Å². The minimum atomic E-state index is -4.56. The quantitative estimate of drug-likeness (QED) is 0.579. The van der Waals surface area contributed by atoms with Gasteiger partial charge in [0.2, 0.25) is 0 Å². The molecule has 0 amide bonds. The van der Waals surface area contributed by atoms with Crippen LogP contribution in [0.4, 0.5) is 37.8 Å². The van der Waals surface area contributed by atoms with Crippen molar-refractivity contribution >= 4 is 17.2 Å². The summed E-state index contributed by atoms with van der Waals surface area (Å²) < 4.78 is 78.9. The van der Waals surface area contributed by atoms with Crippen molar-refractivity contribution in [3.8, 4) is 0 Å². The molecule has 4 rings (SSSR count). The number of nitrogens with zero attached hydrogens (tertiary/aromatic N) is 6. The number of fused-ring (bicyclic) bond motifs is 1. The van der Waals surface area contributed by atoms with E-state index in [9.17, 15) is 26.3 Å². The Kier molecular flexibility index (Phi) is 4.74. The molecule has 4 heterocycles. The maximum atomic E-state index is 13.0. The van der Waals surface area contributed by atoms with Crippen molar-refractivity contribution in [3.05, 3.63) is 47.8 Å². The zero-order valence-electron chi connectivity index (χ0n) is 15.7. The highest BCUT2D eigenvalue weighted by atomic mass is 19.4. The maximum absolute atomic E-state index is 13.0. The Labute approximate surface area is 166 Å². The average Bonchev–Trinajstić information content (AvgIpc) is 3.11. The summed E-state index contributed by atoms with van der Waals surface area (Å²) in [4.78, 5) is 14.8. The molecule has 0 radical (unpaired) electrons. The first kappa shape index (κ1) is 20.2. The standard InChI is InChI=1S/C18H16F6N6/c1-11-25-13(17(19,20)21)8-16(26-11)29-6-4-28(5-7-29)12-2-3-15-27-14(18(22,23)24)10-30(15)9-12/h2-3,8-10H,4-7H2,1H3. The number of piperazine rings is 1. The molecule has 1 fully saturated rings. The van der Waals surface area contributed by atoms with Gasteiger partial charge in [0.15, 0.2) is 5.69 Å². The molecule has 0 N–H and O–H groups in total. The Morgan fingerprint density at radius 2 is 1.40 bits per heavy atom. The monoisotopic (exact) mass is 430 g/mol. The third kappa shape index (κ3) is 3.98. The van der Waals surface area contributed by atoms with Crippen molar-refractivity contribution in [1.82, 2.24) is 19.4 Å². The average molecular weight is 430 g/mol. The van der Waals surface area contributed by atoms with Gasteiger partial charge in [0, 0.05) is 44.6 Å². The number of halogens is 6. The Bertz CT molecular complexity index is 1070. The van der Waals surface area contributed by atoms with Gasteiger partial charge in [0.25, 0.3) is 0 Å². The van der Waals surface area contributed by atoms with Crippen molar-refractivity contribution in [3.63, 3.8) is 0 Å². The number of hydrogen-bond acceptors (Lipinski definition) is 5. The zero-order valence-corrected chi connectivity index (χ0v) is 15.7. The van der Waals surface area contributed by atoms with Crippen LogP contribution in [-0.4, -0.2) is 45.5 Å². The molecule has 0 bridgehead atoms. The highest BCUT2D eigenvalue weighted by Gasteiger charge is 2.35. The van der Waals surface area contributed by atoms with Gasteiger partial charge < -0.3 is 14.2 Å². The molecule has 0 aromatic carbocycles. The third-order valence-electron chi connectivity index (χ3n) is 4.81. The van der Waals surface area contributed by atoms with E-state index in [2.05, 4.69) is 15.0 Å². The molecule has 3 aromatic heterocycles. The lowest BCUT2D eigenvalue weighted by molar-refractivity contribution is -0.141. The van der Waals surface area contributed by atoms with Crippen LogP contribution in [0.2, 0.25) is 0 Å². The predicted molar refractivity (Wildman–Crippen MR) is 96.4 cm³/mol. The maximum Gasteiger partial charge on any atom is 0.434 e. The smallest absolute Gasteiger partial charge is 0.367 e. The van der Waals surface area contributed by atoms with Crippen LogP contribution in [0, 0.1) is 6.92 Å². The van der Waals surface area contributed by atoms with Crippen molar-refractivity contribution in [2.45, 2.75) is 19.3 Å². The van der Waals surface area contributed by atoms with Crippen LogP contribution < -0.4 is 9.80 Å². The summed E-state index contributed by atoms with van der Waals surface area (Å²) in [6.45, 7) is 3.16. The molecule has 1 aliphatic heterocycles. The van der Waals surface area contributed by atoms with Crippen molar-refractivity contribution < 1.29 is 26.3 Å². The molecule has 6 nitrogen and oxygen atoms in total. The number of aromatic nitrogens is 4. The SMILES string of the molecule is Cc1nc(N2CCN(c3ccc4nc(C(F)(F)F)cn4c3)CC2)cc(C(F)(F)F)n1. The second kappa shape index (κ2) is 7.03. The van der Waals surface area contributed by atoms with E-state index >= 15 is 0 Å². The lowest BCUT2D eigenvalue weighted by Crippen LogP contribution is -2.47. The van der Waals surface area contributed by atoms with E-state index in [0.717, 1.165) is 12.3 Å². The Morgan fingerprint density at radius 1 is 0.767 bits per heavy atom. The fourth-order valence-corrected chi connectivity index (χ4v) is 3.36. The van der Waals surface area contributed by atoms with Crippen LogP contribution in [0.1, 0.15) is 17.2 Å². The second-order valence-electron chi connectivity index (χ2n) is 6.91. The summed E-state index contributed by atoms with van der Waals surface area (Å²) >= 11 is 0. The molecule has 1 aliphatic rings. The molecular weight excluding hydrogens is 414 g/mol. The molecule has 0 atom stereocenters. The summed E-state index contributed by atoms with van der Waals surface area (Å²) in [5.41, 5.74) is -1.08. The van der Waals surface area contributed by atoms with E-state index in [-0.39, 0.29) is 17.3 Å². The van der Waals surface area contributed by atoms with Crippen molar-refractivity contribution in [1.29, 1.82) is 0 Å². The first-order valence-electron chi connectivity index (χ1n) is 8.99. The largest absolute Gasteiger partial charge is 0.434 e. The minimum Gasteiger partial charge on any atom is -0.367 e. The molecule has 30 heavy (non-hydrogen) atoms. The van der Waals surface area contributed by atoms with Crippen molar-refractivity contribution in [2.24, 2.45) is 0 Å². The van der Waals surface area contributed by atoms with E-state index in [1.54, 1.807) is 17.2 Å². The van der Waals surface area contributed by atoms with Gasteiger partial charge >= 0.3 is 12.4 Å². The van der Waals surface area contributed by atoms with Gasteiger partial charge in [-0.05, 0) is 19.1 Å². The number of alkyl halides is 6. The van der Waals surface area contributed by atoms with Gasteiger partial charge in [0.1, 0.15) is 23.0 Å². The summed E-state index contributed by atoms with van der Waals surface area (Å²) in [6.07, 6.45) is -6.59. The van der Waals surface area contributed by atoms with E-state index in [0.29, 0.717) is 31.9 Å². The summed E-state index contributed by atoms with van der Waals surface area (Å²) in [5.74, 6) is 0.239. The fourth-order valence-electron chi connectivity index (χ4n) is 3.36. The minimum absolute atomic E-state index is 0.0354. The molecule has 1 saturated heterocycles. The van der Waals surface area contributed by atoms with Gasteiger partial charge in [-0.15, -0.1) is 0 Å². The summed E-state index contributed by atoms with van der Waals surface area (Å²) in [7, 11) is 0. The zero-order chi connectivity index (χ0) is 21.7. The van der Waals surface area contributed by atoms with Crippen LogP contribution in [0.3, 0.4) is 0 Å². The van der Waals surface area contributed by atoms with Gasteiger partial charge in [-0.25, -0.2) is 15.0 Å². The Balaban J connectivity index is 1.50. The van der Waals surface area contributed by atoms with Crippen LogP contribution in [0.15, 0.2) is 30.6 Å². The van der Waals surface area contributed by atoms with Crippen LogP contribution in [0.5, 0.6) is 0 Å².